The second-order valence-corrected chi connectivity index (χ2v) is 7.47. The van der Waals surface area contributed by atoms with Crippen LogP contribution in [-0.2, 0) is 4.79 Å². The topological polar surface area (TPSA) is 77.2 Å². The maximum absolute atomic E-state index is 12.9. The molecular weight excluding hydrogens is 397 g/mol. The number of hydrogen-bond acceptors (Lipinski definition) is 4. The van der Waals surface area contributed by atoms with Gasteiger partial charge >= 0.3 is 0 Å². The van der Waals surface area contributed by atoms with Crippen LogP contribution in [0.3, 0.4) is 0 Å². The smallest absolute Gasteiger partial charge is 0.227 e. The van der Waals surface area contributed by atoms with Gasteiger partial charge in [0.2, 0.25) is 5.91 Å². The third-order valence-electron chi connectivity index (χ3n) is 5.79. The van der Waals surface area contributed by atoms with Crippen molar-refractivity contribution in [2.75, 3.05) is 5.32 Å². The van der Waals surface area contributed by atoms with Crippen LogP contribution in [0.1, 0.15) is 32.1 Å². The summed E-state index contributed by atoms with van der Waals surface area (Å²) in [4.78, 5) is 17.0. The number of aromatic nitrogens is 1. The van der Waals surface area contributed by atoms with Gasteiger partial charge in [0.05, 0.1) is 6.20 Å². The highest BCUT2D eigenvalue weighted by Crippen LogP contribution is 2.42. The zero-order valence-electron chi connectivity index (χ0n) is 15.6. The molecule has 4 rings (SSSR count). The van der Waals surface area contributed by atoms with Crippen LogP contribution in [0.25, 0.3) is 0 Å². The number of ether oxygens (including phenoxy) is 1. The molecule has 1 aromatic heterocycles. The van der Waals surface area contributed by atoms with E-state index in [4.69, 9.17) is 10.5 Å². The number of carbonyl (C=O) groups is 1. The number of anilines is 1. The van der Waals surface area contributed by atoms with Crippen LogP contribution in [0.5, 0.6) is 11.5 Å². The molecule has 0 spiro atoms. The number of benzene rings is 1. The fourth-order valence-corrected chi connectivity index (χ4v) is 4.42. The highest BCUT2D eigenvalue weighted by Gasteiger charge is 2.40. The number of rotatable bonds is 4. The Morgan fingerprint density at radius 2 is 1.75 bits per heavy atom. The third-order valence-corrected chi connectivity index (χ3v) is 5.79. The summed E-state index contributed by atoms with van der Waals surface area (Å²) in [5, 5.41) is 3.04. The van der Waals surface area contributed by atoms with Crippen molar-refractivity contribution >= 4 is 36.4 Å². The van der Waals surface area contributed by atoms with Crippen LogP contribution in [0.4, 0.5) is 5.69 Å². The van der Waals surface area contributed by atoms with Gasteiger partial charge in [0, 0.05) is 24.2 Å². The first-order valence-electron chi connectivity index (χ1n) is 9.44. The van der Waals surface area contributed by atoms with E-state index in [1.165, 1.54) is 6.42 Å². The standard InChI is InChI=1S/C21H25N3O2.2ClH/c22-20-14-5-4-6-15(20)12-16(11-14)21(25)24-18-13-23-10-9-19(18)26-17-7-2-1-3-8-17;;/h1-3,7-10,13-16,20H,4-6,11-12,22H2,(H,24,25);2*1H. The SMILES string of the molecule is Cl.Cl.NC1C2CCCC1CC(C(=O)Nc1cnccc1Oc1ccccc1)C2. The lowest BCUT2D eigenvalue weighted by Gasteiger charge is -2.43. The zero-order chi connectivity index (χ0) is 17.9. The van der Waals surface area contributed by atoms with Crippen molar-refractivity contribution in [1.82, 2.24) is 4.98 Å². The zero-order valence-corrected chi connectivity index (χ0v) is 17.3. The van der Waals surface area contributed by atoms with Crippen LogP contribution in [-0.4, -0.2) is 16.9 Å². The number of carbonyl (C=O) groups excluding carboxylic acids is 1. The largest absolute Gasteiger partial charge is 0.455 e. The second-order valence-electron chi connectivity index (χ2n) is 7.47. The molecule has 2 aliphatic carbocycles. The van der Waals surface area contributed by atoms with E-state index in [-0.39, 0.29) is 42.7 Å². The summed E-state index contributed by atoms with van der Waals surface area (Å²) in [7, 11) is 0. The Bertz CT molecular complexity index is 761. The van der Waals surface area contributed by atoms with Crippen LogP contribution >= 0.6 is 24.8 Å². The molecule has 28 heavy (non-hydrogen) atoms. The number of nitrogens with two attached hydrogens (primary N) is 1. The first kappa shape index (κ1) is 22.5. The quantitative estimate of drug-likeness (QED) is 0.739. The van der Waals surface area contributed by atoms with Gasteiger partial charge in [0.25, 0.3) is 0 Å². The van der Waals surface area contributed by atoms with E-state index in [1.807, 2.05) is 30.3 Å². The van der Waals surface area contributed by atoms with Crippen molar-refractivity contribution in [3.63, 3.8) is 0 Å². The normalized spacial score (nSPS) is 25.6. The monoisotopic (exact) mass is 423 g/mol. The average molecular weight is 424 g/mol. The van der Waals surface area contributed by atoms with E-state index < -0.39 is 0 Å². The van der Waals surface area contributed by atoms with E-state index in [9.17, 15) is 4.79 Å². The van der Waals surface area contributed by atoms with E-state index in [1.54, 1.807) is 18.5 Å². The third kappa shape index (κ3) is 4.96. The summed E-state index contributed by atoms with van der Waals surface area (Å²) in [5.74, 6) is 2.37. The molecule has 7 heteroatoms. The van der Waals surface area contributed by atoms with Crippen LogP contribution in [0, 0.1) is 17.8 Å². The van der Waals surface area contributed by atoms with Gasteiger partial charge in [0.1, 0.15) is 11.4 Å². The van der Waals surface area contributed by atoms with Crippen LogP contribution in [0.2, 0.25) is 0 Å². The number of amides is 1. The van der Waals surface area contributed by atoms with Gasteiger partial charge in [-0.1, -0.05) is 24.6 Å². The second kappa shape index (κ2) is 10.1. The lowest BCUT2D eigenvalue weighted by atomic mass is 9.65. The Labute approximate surface area is 178 Å². The lowest BCUT2D eigenvalue weighted by Crippen LogP contribution is -2.48. The lowest BCUT2D eigenvalue weighted by molar-refractivity contribution is -0.122. The number of para-hydroxylation sites is 1. The van der Waals surface area contributed by atoms with Crippen molar-refractivity contribution in [2.45, 2.75) is 38.1 Å². The van der Waals surface area contributed by atoms with E-state index in [0.717, 1.165) is 31.4 Å². The number of halogens is 2. The summed E-state index contributed by atoms with van der Waals surface area (Å²) < 4.78 is 5.91. The molecule has 2 atom stereocenters. The molecule has 5 nitrogen and oxygen atoms in total. The fourth-order valence-electron chi connectivity index (χ4n) is 4.42. The molecule has 2 fully saturated rings. The van der Waals surface area contributed by atoms with Gasteiger partial charge in [-0.25, -0.2) is 0 Å². The molecule has 1 heterocycles. The molecule has 0 saturated heterocycles. The first-order valence-corrected chi connectivity index (χ1v) is 9.44. The van der Waals surface area contributed by atoms with Gasteiger partial charge in [-0.05, 0) is 49.7 Å². The van der Waals surface area contributed by atoms with E-state index in [2.05, 4.69) is 10.3 Å². The number of fused-ring (bicyclic) bond motifs is 2. The van der Waals surface area contributed by atoms with Gasteiger partial charge < -0.3 is 15.8 Å². The minimum Gasteiger partial charge on any atom is -0.455 e. The Kier molecular flexibility index (Phi) is 8.10. The molecule has 0 aliphatic heterocycles. The highest BCUT2D eigenvalue weighted by atomic mass is 35.5. The van der Waals surface area contributed by atoms with Gasteiger partial charge in [-0.2, -0.15) is 0 Å². The van der Waals surface area contributed by atoms with Gasteiger partial charge in [-0.15, -0.1) is 24.8 Å². The summed E-state index contributed by atoms with van der Waals surface area (Å²) in [6, 6.07) is 11.6. The van der Waals surface area contributed by atoms with E-state index >= 15 is 0 Å². The van der Waals surface area contributed by atoms with Crippen LogP contribution in [0.15, 0.2) is 48.8 Å². The molecule has 1 amide bonds. The maximum Gasteiger partial charge on any atom is 0.227 e. The molecule has 1 aromatic carbocycles. The number of nitrogens with one attached hydrogen (secondary N) is 1. The molecule has 3 N–H and O–H groups in total. The van der Waals surface area contributed by atoms with Crippen molar-refractivity contribution < 1.29 is 9.53 Å². The number of nitrogens with zero attached hydrogens (tertiary/aromatic N) is 1. The van der Waals surface area contributed by atoms with Crippen molar-refractivity contribution in [3.05, 3.63) is 48.8 Å². The number of pyridine rings is 1. The van der Waals surface area contributed by atoms with Gasteiger partial charge in [0.15, 0.2) is 5.75 Å². The Morgan fingerprint density at radius 1 is 1.07 bits per heavy atom. The predicted molar refractivity (Wildman–Crippen MR) is 115 cm³/mol. The van der Waals surface area contributed by atoms with Crippen molar-refractivity contribution in [1.29, 1.82) is 0 Å². The van der Waals surface area contributed by atoms with Crippen molar-refractivity contribution in [2.24, 2.45) is 23.5 Å². The number of hydrogen-bond donors (Lipinski definition) is 2. The molecule has 2 aromatic rings. The Balaban J connectivity index is 0.00000140. The molecule has 2 unspecified atom stereocenters. The Hall–Kier alpha value is -1.82. The summed E-state index contributed by atoms with van der Waals surface area (Å²) >= 11 is 0. The molecule has 2 aliphatic rings. The fraction of sp³-hybridized carbons (Fsp3) is 0.429. The van der Waals surface area contributed by atoms with E-state index in [0.29, 0.717) is 23.3 Å². The molecule has 0 radical (unpaired) electrons. The summed E-state index contributed by atoms with van der Waals surface area (Å²) in [6.45, 7) is 0. The van der Waals surface area contributed by atoms with Crippen molar-refractivity contribution in [3.8, 4) is 11.5 Å². The Morgan fingerprint density at radius 3 is 2.43 bits per heavy atom. The molecular formula is C21H27Cl2N3O2. The molecule has 2 bridgehead atoms. The van der Waals surface area contributed by atoms with Gasteiger partial charge in [-0.3, -0.25) is 9.78 Å². The minimum absolute atomic E-state index is 0. The highest BCUT2D eigenvalue weighted by molar-refractivity contribution is 5.94. The summed E-state index contributed by atoms with van der Waals surface area (Å²) in [6.07, 6.45) is 8.63. The molecule has 2 saturated carbocycles. The first-order chi connectivity index (χ1) is 12.7. The minimum atomic E-state index is 0. The van der Waals surface area contributed by atoms with Crippen LogP contribution < -0.4 is 15.8 Å². The molecule has 152 valence electrons. The predicted octanol–water partition coefficient (Wildman–Crippen LogP) is 4.81. The maximum atomic E-state index is 12.9. The average Bonchev–Trinajstić information content (AvgIpc) is 2.64. The summed E-state index contributed by atoms with van der Waals surface area (Å²) in [5.41, 5.74) is 6.96.